The van der Waals surface area contributed by atoms with E-state index < -0.39 is 18.2 Å². The number of nitrogens with two attached hydrogens (primary N) is 1. The second-order valence-corrected chi connectivity index (χ2v) is 5.25. The molecule has 1 aliphatic carbocycles. The zero-order valence-electron chi connectivity index (χ0n) is 10.7. The van der Waals surface area contributed by atoms with Gasteiger partial charge < -0.3 is 10.5 Å². The second kappa shape index (κ2) is 6.03. The van der Waals surface area contributed by atoms with Gasteiger partial charge in [0.05, 0.1) is 0 Å². The highest BCUT2D eigenvalue weighted by molar-refractivity contribution is 6.29. The smallest absolute Gasteiger partial charge is 0.425 e. The largest absolute Gasteiger partial charge is 0.464 e. The Morgan fingerprint density at radius 1 is 1.25 bits per heavy atom. The van der Waals surface area contributed by atoms with Gasteiger partial charge in [0.15, 0.2) is 6.10 Å². The van der Waals surface area contributed by atoms with E-state index in [1.54, 1.807) is 0 Å². The van der Waals surface area contributed by atoms with E-state index in [4.69, 9.17) is 22.1 Å². The van der Waals surface area contributed by atoms with Crippen LogP contribution in [-0.4, -0.2) is 22.2 Å². The van der Waals surface area contributed by atoms with Crippen LogP contribution in [0.2, 0.25) is 5.15 Å². The third-order valence-electron chi connectivity index (χ3n) is 3.34. The van der Waals surface area contributed by atoms with E-state index in [1.807, 2.05) is 0 Å². The van der Waals surface area contributed by atoms with E-state index in [2.05, 4.69) is 9.97 Å². The molecule has 0 radical (unpaired) electrons. The van der Waals surface area contributed by atoms with E-state index >= 15 is 0 Å². The number of rotatable bonds is 3. The fraction of sp³-hybridized carbons (Fsp3) is 0.667. The standard InChI is InChI=1S/C12H15ClF3N3O/c13-8-6-9(19-11(17)18-8)20-10(12(14,15)16)7-4-2-1-3-5-7/h6-7,10H,1-5H2,(H2,17,18,19). The van der Waals surface area contributed by atoms with Gasteiger partial charge in [0, 0.05) is 12.0 Å². The molecule has 2 N–H and O–H groups in total. The van der Waals surface area contributed by atoms with Gasteiger partial charge >= 0.3 is 6.18 Å². The molecule has 1 aliphatic rings. The molecular formula is C12H15ClF3N3O. The Balaban J connectivity index is 2.18. The summed E-state index contributed by atoms with van der Waals surface area (Å²) >= 11 is 5.64. The molecule has 1 atom stereocenters. The summed E-state index contributed by atoms with van der Waals surface area (Å²) in [6.45, 7) is 0. The van der Waals surface area contributed by atoms with Gasteiger partial charge in [-0.25, -0.2) is 4.98 Å². The van der Waals surface area contributed by atoms with Crippen LogP contribution in [0.4, 0.5) is 19.1 Å². The first-order valence-corrected chi connectivity index (χ1v) is 6.77. The number of ether oxygens (including phenoxy) is 1. The zero-order chi connectivity index (χ0) is 14.8. The summed E-state index contributed by atoms with van der Waals surface area (Å²) in [5.41, 5.74) is 5.35. The van der Waals surface area contributed by atoms with Gasteiger partial charge in [0.25, 0.3) is 0 Å². The van der Waals surface area contributed by atoms with E-state index in [9.17, 15) is 13.2 Å². The summed E-state index contributed by atoms with van der Waals surface area (Å²) in [6.07, 6.45) is -2.80. The van der Waals surface area contributed by atoms with Crippen molar-refractivity contribution in [2.75, 3.05) is 5.73 Å². The Kier molecular flexibility index (Phi) is 4.57. The second-order valence-electron chi connectivity index (χ2n) is 4.87. The minimum atomic E-state index is -4.45. The van der Waals surface area contributed by atoms with Crippen molar-refractivity contribution in [1.29, 1.82) is 0 Å². The van der Waals surface area contributed by atoms with Crippen molar-refractivity contribution in [2.45, 2.75) is 44.4 Å². The monoisotopic (exact) mass is 309 g/mol. The summed E-state index contributed by atoms with van der Waals surface area (Å²) in [7, 11) is 0. The quantitative estimate of drug-likeness (QED) is 0.867. The molecular weight excluding hydrogens is 295 g/mol. The number of aromatic nitrogens is 2. The summed E-state index contributed by atoms with van der Waals surface area (Å²) in [4.78, 5) is 7.23. The molecule has 112 valence electrons. The number of anilines is 1. The molecule has 8 heteroatoms. The molecule has 1 aromatic rings. The van der Waals surface area contributed by atoms with Gasteiger partial charge in [-0.2, -0.15) is 18.2 Å². The van der Waals surface area contributed by atoms with Crippen LogP contribution < -0.4 is 10.5 Å². The Morgan fingerprint density at radius 3 is 2.45 bits per heavy atom. The lowest BCUT2D eigenvalue weighted by atomic mass is 9.85. The highest BCUT2D eigenvalue weighted by atomic mass is 35.5. The van der Waals surface area contributed by atoms with E-state index in [-0.39, 0.29) is 17.0 Å². The molecule has 1 heterocycles. The average molecular weight is 310 g/mol. The van der Waals surface area contributed by atoms with E-state index in [1.165, 1.54) is 0 Å². The lowest BCUT2D eigenvalue weighted by Crippen LogP contribution is -2.42. The average Bonchev–Trinajstić information content (AvgIpc) is 2.34. The van der Waals surface area contributed by atoms with Crippen molar-refractivity contribution in [3.8, 4) is 5.88 Å². The minimum absolute atomic E-state index is 0.0444. The van der Waals surface area contributed by atoms with Crippen LogP contribution >= 0.6 is 11.6 Å². The van der Waals surface area contributed by atoms with Crippen LogP contribution in [0.25, 0.3) is 0 Å². The van der Waals surface area contributed by atoms with Crippen LogP contribution in [0.15, 0.2) is 6.07 Å². The Hall–Kier alpha value is -1.24. The maximum Gasteiger partial charge on any atom is 0.425 e. The summed E-state index contributed by atoms with van der Waals surface area (Å²) in [6, 6.07) is 1.14. The van der Waals surface area contributed by atoms with Gasteiger partial charge in [-0.05, 0) is 12.8 Å². The molecule has 2 rings (SSSR count). The minimum Gasteiger partial charge on any atom is -0.464 e. The van der Waals surface area contributed by atoms with Gasteiger partial charge in [-0.3, -0.25) is 0 Å². The molecule has 0 saturated heterocycles. The fourth-order valence-electron chi connectivity index (χ4n) is 2.47. The van der Waals surface area contributed by atoms with Crippen LogP contribution in [-0.2, 0) is 0 Å². The zero-order valence-corrected chi connectivity index (χ0v) is 11.4. The third-order valence-corrected chi connectivity index (χ3v) is 3.53. The van der Waals surface area contributed by atoms with Crippen molar-refractivity contribution >= 4 is 17.5 Å². The van der Waals surface area contributed by atoms with E-state index in [0.717, 1.165) is 25.3 Å². The van der Waals surface area contributed by atoms with Gasteiger partial charge in [-0.15, -0.1) is 0 Å². The number of nitrogens with zero attached hydrogens (tertiary/aromatic N) is 2. The SMILES string of the molecule is Nc1nc(Cl)cc(OC(C2CCCCC2)C(F)(F)F)n1. The van der Waals surface area contributed by atoms with Crippen LogP contribution in [0.5, 0.6) is 5.88 Å². The maximum atomic E-state index is 13.2. The highest BCUT2D eigenvalue weighted by Crippen LogP contribution is 2.37. The van der Waals surface area contributed by atoms with Crippen molar-refractivity contribution < 1.29 is 17.9 Å². The lowest BCUT2D eigenvalue weighted by molar-refractivity contribution is -0.213. The van der Waals surface area contributed by atoms with Crippen molar-refractivity contribution in [2.24, 2.45) is 5.92 Å². The highest BCUT2D eigenvalue weighted by Gasteiger charge is 2.47. The first kappa shape index (κ1) is 15.2. The van der Waals surface area contributed by atoms with Gasteiger partial charge in [0.2, 0.25) is 11.8 Å². The molecule has 0 bridgehead atoms. The topological polar surface area (TPSA) is 61.0 Å². The van der Waals surface area contributed by atoms with Crippen molar-refractivity contribution in [1.82, 2.24) is 9.97 Å². The molecule has 0 aromatic carbocycles. The third kappa shape index (κ3) is 3.88. The summed E-state index contributed by atoms with van der Waals surface area (Å²) < 4.78 is 44.5. The molecule has 0 amide bonds. The Labute approximate surface area is 119 Å². The molecule has 1 saturated carbocycles. The molecule has 1 fully saturated rings. The normalized spacial score (nSPS) is 18.8. The lowest BCUT2D eigenvalue weighted by Gasteiger charge is -2.31. The summed E-state index contributed by atoms with van der Waals surface area (Å²) in [5, 5.41) is -0.0444. The van der Waals surface area contributed by atoms with Crippen molar-refractivity contribution in [3.63, 3.8) is 0 Å². The maximum absolute atomic E-state index is 13.2. The predicted octanol–water partition coefficient (Wildman–Crippen LogP) is 3.60. The van der Waals surface area contributed by atoms with Crippen molar-refractivity contribution in [3.05, 3.63) is 11.2 Å². The van der Waals surface area contributed by atoms with E-state index in [0.29, 0.717) is 12.8 Å². The molecule has 4 nitrogen and oxygen atoms in total. The number of halogens is 4. The molecule has 1 aromatic heterocycles. The Bertz CT molecular complexity index is 444. The predicted molar refractivity (Wildman–Crippen MR) is 68.5 cm³/mol. The number of alkyl halides is 3. The molecule has 20 heavy (non-hydrogen) atoms. The number of hydrogen-bond donors (Lipinski definition) is 1. The van der Waals surface area contributed by atoms with Crippen LogP contribution in [0.3, 0.4) is 0 Å². The van der Waals surface area contributed by atoms with Gasteiger partial charge in [0.1, 0.15) is 5.15 Å². The molecule has 0 spiro atoms. The van der Waals surface area contributed by atoms with Crippen LogP contribution in [0, 0.1) is 5.92 Å². The molecule has 0 aliphatic heterocycles. The first-order chi connectivity index (χ1) is 9.36. The summed E-state index contributed by atoms with van der Waals surface area (Å²) in [5.74, 6) is -1.01. The number of nitrogen functional groups attached to an aromatic ring is 1. The number of hydrogen-bond acceptors (Lipinski definition) is 4. The molecule has 1 unspecified atom stereocenters. The first-order valence-electron chi connectivity index (χ1n) is 6.39. The Morgan fingerprint density at radius 2 is 1.90 bits per heavy atom. The van der Waals surface area contributed by atoms with Crippen LogP contribution in [0.1, 0.15) is 32.1 Å². The van der Waals surface area contributed by atoms with Gasteiger partial charge in [-0.1, -0.05) is 30.9 Å². The fourth-order valence-corrected chi connectivity index (χ4v) is 2.65.